The number of rotatable bonds is 3. The Morgan fingerprint density at radius 2 is 1.88 bits per heavy atom. The van der Waals surface area contributed by atoms with E-state index in [0.29, 0.717) is 13.1 Å². The number of likely N-dealkylation sites (tertiary alicyclic amines) is 1. The summed E-state index contributed by atoms with van der Waals surface area (Å²) in [6, 6.07) is 0. The van der Waals surface area contributed by atoms with Crippen LogP contribution >= 0.6 is 0 Å². The van der Waals surface area contributed by atoms with E-state index in [1.807, 2.05) is 4.90 Å². The molecule has 0 bridgehead atoms. The van der Waals surface area contributed by atoms with Crippen molar-refractivity contribution < 1.29 is 14.7 Å². The average Bonchev–Trinajstić information content (AvgIpc) is 2.25. The molecule has 0 unspecified atom stereocenters. The minimum Gasteiger partial charge on any atom is -0.481 e. The van der Waals surface area contributed by atoms with Crippen molar-refractivity contribution in [1.82, 2.24) is 4.90 Å². The van der Waals surface area contributed by atoms with Crippen LogP contribution in [0.4, 0.5) is 0 Å². The Labute approximate surface area is 101 Å². The van der Waals surface area contributed by atoms with Gasteiger partial charge in [0.25, 0.3) is 0 Å². The second kappa shape index (κ2) is 4.64. The lowest BCUT2D eigenvalue weighted by Gasteiger charge is -2.42. The largest absolute Gasteiger partial charge is 0.481 e. The van der Waals surface area contributed by atoms with E-state index in [-0.39, 0.29) is 18.2 Å². The van der Waals surface area contributed by atoms with Gasteiger partial charge in [-0.1, -0.05) is 0 Å². The number of amides is 1. The summed E-state index contributed by atoms with van der Waals surface area (Å²) in [4.78, 5) is 24.5. The third kappa shape index (κ3) is 2.60. The molecule has 1 saturated heterocycles. The number of nitrogens with zero attached hydrogens (tertiary/aromatic N) is 1. The highest BCUT2D eigenvalue weighted by Crippen LogP contribution is 2.32. The van der Waals surface area contributed by atoms with Gasteiger partial charge in [0.1, 0.15) is 0 Å². The van der Waals surface area contributed by atoms with Crippen molar-refractivity contribution >= 4 is 11.9 Å². The highest BCUT2D eigenvalue weighted by Gasteiger charge is 2.43. The summed E-state index contributed by atoms with van der Waals surface area (Å²) < 4.78 is 0. The van der Waals surface area contributed by atoms with Crippen LogP contribution in [0.2, 0.25) is 0 Å². The van der Waals surface area contributed by atoms with Gasteiger partial charge >= 0.3 is 5.97 Å². The van der Waals surface area contributed by atoms with Crippen molar-refractivity contribution in [3.05, 3.63) is 0 Å². The number of nitrogens with two attached hydrogens (primary N) is 1. The summed E-state index contributed by atoms with van der Waals surface area (Å²) in [5.41, 5.74) is 5.40. The molecule has 2 fully saturated rings. The molecule has 3 N–H and O–H groups in total. The zero-order chi connectivity index (χ0) is 12.5. The van der Waals surface area contributed by atoms with Crippen molar-refractivity contribution in [3.63, 3.8) is 0 Å². The van der Waals surface area contributed by atoms with Gasteiger partial charge in [0.05, 0.1) is 5.54 Å². The van der Waals surface area contributed by atoms with Crippen molar-refractivity contribution in [2.24, 2.45) is 11.7 Å². The van der Waals surface area contributed by atoms with Gasteiger partial charge in [0, 0.05) is 19.5 Å². The number of carboxylic acids is 1. The maximum Gasteiger partial charge on any atom is 0.303 e. The van der Waals surface area contributed by atoms with E-state index in [4.69, 9.17) is 10.8 Å². The van der Waals surface area contributed by atoms with Gasteiger partial charge in [-0.3, -0.25) is 9.59 Å². The lowest BCUT2D eigenvalue weighted by molar-refractivity contribution is -0.142. The van der Waals surface area contributed by atoms with Crippen LogP contribution < -0.4 is 5.73 Å². The van der Waals surface area contributed by atoms with E-state index in [1.54, 1.807) is 0 Å². The molecule has 2 aliphatic rings. The van der Waals surface area contributed by atoms with E-state index < -0.39 is 11.5 Å². The highest BCUT2D eigenvalue weighted by atomic mass is 16.4. The maximum absolute atomic E-state index is 12.1. The maximum atomic E-state index is 12.1. The molecule has 1 saturated carbocycles. The second-order valence-corrected chi connectivity index (χ2v) is 5.34. The first-order chi connectivity index (χ1) is 8.01. The van der Waals surface area contributed by atoms with Crippen molar-refractivity contribution in [1.29, 1.82) is 0 Å². The molecular weight excluding hydrogens is 220 g/mol. The number of piperidine rings is 1. The van der Waals surface area contributed by atoms with Crippen molar-refractivity contribution in [3.8, 4) is 0 Å². The Morgan fingerprint density at radius 1 is 1.29 bits per heavy atom. The molecule has 0 aromatic rings. The van der Waals surface area contributed by atoms with E-state index in [9.17, 15) is 9.59 Å². The van der Waals surface area contributed by atoms with Crippen LogP contribution in [0.3, 0.4) is 0 Å². The predicted molar refractivity (Wildman–Crippen MR) is 62.3 cm³/mol. The molecule has 0 atom stereocenters. The standard InChI is InChI=1S/C12H20N2O3/c13-12(4-1-5-12)11(17)14-6-2-9(3-7-14)8-10(15)16/h9H,1-8,13H2,(H,15,16). The summed E-state index contributed by atoms with van der Waals surface area (Å²) in [6.07, 6.45) is 4.41. The Bertz CT molecular complexity index is 318. The Hall–Kier alpha value is -1.10. The van der Waals surface area contributed by atoms with Crippen LogP contribution in [-0.2, 0) is 9.59 Å². The van der Waals surface area contributed by atoms with Crippen LogP contribution in [0.25, 0.3) is 0 Å². The SMILES string of the molecule is NC1(C(=O)N2CCC(CC(=O)O)CC2)CCC1. The summed E-state index contributed by atoms with van der Waals surface area (Å²) in [6.45, 7) is 1.32. The Kier molecular flexibility index (Phi) is 3.38. The number of carboxylic acid groups (broad SMARTS) is 1. The molecule has 0 radical (unpaired) electrons. The van der Waals surface area contributed by atoms with Crippen LogP contribution in [0.15, 0.2) is 0 Å². The summed E-state index contributed by atoms with van der Waals surface area (Å²) in [5.74, 6) is -0.465. The summed E-state index contributed by atoms with van der Waals surface area (Å²) in [5, 5.41) is 8.72. The lowest BCUT2D eigenvalue weighted by atomic mass is 9.76. The number of hydrogen-bond acceptors (Lipinski definition) is 3. The first kappa shape index (κ1) is 12.4. The first-order valence-electron chi connectivity index (χ1n) is 6.31. The average molecular weight is 240 g/mol. The smallest absolute Gasteiger partial charge is 0.303 e. The fraction of sp³-hybridized carbons (Fsp3) is 0.833. The molecule has 0 aromatic heterocycles. The third-order valence-corrected chi connectivity index (χ3v) is 4.04. The van der Waals surface area contributed by atoms with Crippen LogP contribution in [0.5, 0.6) is 0 Å². The van der Waals surface area contributed by atoms with E-state index in [1.165, 1.54) is 0 Å². The molecular formula is C12H20N2O3. The second-order valence-electron chi connectivity index (χ2n) is 5.34. The van der Waals surface area contributed by atoms with Gasteiger partial charge in [0.2, 0.25) is 5.91 Å². The minimum atomic E-state index is -0.746. The molecule has 1 aliphatic heterocycles. The van der Waals surface area contributed by atoms with E-state index in [0.717, 1.165) is 32.1 Å². The number of carbonyl (C=O) groups excluding carboxylic acids is 1. The lowest BCUT2D eigenvalue weighted by Crippen LogP contribution is -2.60. The summed E-state index contributed by atoms with van der Waals surface area (Å²) in [7, 11) is 0. The number of carbonyl (C=O) groups is 2. The molecule has 0 aromatic carbocycles. The molecule has 1 heterocycles. The van der Waals surface area contributed by atoms with Crippen molar-refractivity contribution in [2.45, 2.75) is 44.1 Å². The van der Waals surface area contributed by atoms with Crippen LogP contribution in [-0.4, -0.2) is 40.5 Å². The van der Waals surface area contributed by atoms with Gasteiger partial charge in [-0.05, 0) is 38.0 Å². The van der Waals surface area contributed by atoms with Gasteiger partial charge < -0.3 is 15.7 Å². The molecule has 2 rings (SSSR count). The third-order valence-electron chi connectivity index (χ3n) is 4.04. The number of hydrogen-bond donors (Lipinski definition) is 2. The fourth-order valence-corrected chi connectivity index (χ4v) is 2.67. The van der Waals surface area contributed by atoms with Crippen LogP contribution in [0, 0.1) is 5.92 Å². The normalized spacial score (nSPS) is 24.2. The summed E-state index contributed by atoms with van der Waals surface area (Å²) >= 11 is 0. The van der Waals surface area contributed by atoms with Crippen molar-refractivity contribution in [2.75, 3.05) is 13.1 Å². The molecule has 96 valence electrons. The minimum absolute atomic E-state index is 0.0672. The fourth-order valence-electron chi connectivity index (χ4n) is 2.67. The highest BCUT2D eigenvalue weighted by molar-refractivity contribution is 5.87. The van der Waals surface area contributed by atoms with Crippen LogP contribution in [0.1, 0.15) is 38.5 Å². The molecule has 0 spiro atoms. The molecule has 1 amide bonds. The monoisotopic (exact) mass is 240 g/mol. The van der Waals surface area contributed by atoms with E-state index >= 15 is 0 Å². The van der Waals surface area contributed by atoms with Gasteiger partial charge in [-0.15, -0.1) is 0 Å². The molecule has 17 heavy (non-hydrogen) atoms. The predicted octanol–water partition coefficient (Wildman–Crippen LogP) is 0.581. The zero-order valence-electron chi connectivity index (χ0n) is 10.0. The topological polar surface area (TPSA) is 83.6 Å². The zero-order valence-corrected chi connectivity index (χ0v) is 10.0. The molecule has 1 aliphatic carbocycles. The van der Waals surface area contributed by atoms with E-state index in [2.05, 4.69) is 0 Å². The quantitative estimate of drug-likeness (QED) is 0.756. The molecule has 5 heteroatoms. The Morgan fingerprint density at radius 3 is 2.29 bits per heavy atom. The Balaban J connectivity index is 1.82. The van der Waals surface area contributed by atoms with Gasteiger partial charge in [-0.25, -0.2) is 0 Å². The van der Waals surface area contributed by atoms with Gasteiger partial charge in [0.15, 0.2) is 0 Å². The first-order valence-corrected chi connectivity index (χ1v) is 6.31. The van der Waals surface area contributed by atoms with Gasteiger partial charge in [-0.2, -0.15) is 0 Å². The molecule has 5 nitrogen and oxygen atoms in total. The number of aliphatic carboxylic acids is 1.